The van der Waals surface area contributed by atoms with Crippen molar-refractivity contribution in [2.45, 2.75) is 18.3 Å². The van der Waals surface area contributed by atoms with Gasteiger partial charge in [-0.1, -0.05) is 6.07 Å². The topological polar surface area (TPSA) is 61.0 Å². The number of hydrogen-bond donors (Lipinski definition) is 2. The van der Waals surface area contributed by atoms with Crippen LogP contribution in [-0.2, 0) is 16.9 Å². The number of alkyl halides is 3. The van der Waals surface area contributed by atoms with Gasteiger partial charge in [0.15, 0.2) is 0 Å². The fourth-order valence-corrected chi connectivity index (χ4v) is 3.30. The molecule has 0 bridgehead atoms. The Morgan fingerprint density at radius 1 is 1.41 bits per heavy atom. The summed E-state index contributed by atoms with van der Waals surface area (Å²) >= 11 is 1.41. The normalized spacial score (nSPS) is 23.0. The molecule has 0 aromatic carbocycles. The fraction of sp³-hybridized carbons (Fsp3) is 0.385. The molecule has 1 aliphatic heterocycles. The smallest absolute Gasteiger partial charge is 0.334 e. The first-order chi connectivity index (χ1) is 10.4. The number of carbonyl (C=O) groups is 1. The molecule has 22 heavy (non-hydrogen) atoms. The van der Waals surface area contributed by atoms with Gasteiger partial charge in [-0.15, -0.1) is 11.3 Å². The van der Waals surface area contributed by atoms with Gasteiger partial charge in [-0.25, -0.2) is 0 Å². The lowest BCUT2D eigenvalue weighted by Gasteiger charge is -2.42. The van der Waals surface area contributed by atoms with Gasteiger partial charge >= 0.3 is 6.18 Å². The van der Waals surface area contributed by atoms with Crippen LogP contribution in [0.5, 0.6) is 0 Å². The number of hydrogen-bond acceptors (Lipinski definition) is 4. The van der Waals surface area contributed by atoms with Crippen LogP contribution in [0.3, 0.4) is 0 Å². The molecule has 3 rings (SSSR count). The van der Waals surface area contributed by atoms with Crippen molar-refractivity contribution in [1.29, 1.82) is 0 Å². The second-order valence-corrected chi connectivity index (χ2v) is 5.98. The van der Waals surface area contributed by atoms with Crippen LogP contribution in [0.4, 0.5) is 13.2 Å². The van der Waals surface area contributed by atoms with Gasteiger partial charge in [0.2, 0.25) is 5.54 Å². The third-order valence-electron chi connectivity index (χ3n) is 3.64. The first-order valence-electron chi connectivity index (χ1n) is 6.58. The number of nitrogens with zero attached hydrogens (tertiary/aromatic N) is 2. The molecule has 2 aromatic heterocycles. The van der Waals surface area contributed by atoms with Crippen LogP contribution >= 0.6 is 11.3 Å². The minimum absolute atomic E-state index is 0.0512. The summed E-state index contributed by atoms with van der Waals surface area (Å²) in [4.78, 5) is 14.7. The summed E-state index contributed by atoms with van der Waals surface area (Å²) in [5.41, 5.74) is -3.06. The molecule has 1 saturated heterocycles. The van der Waals surface area contributed by atoms with Crippen LogP contribution in [0.1, 0.15) is 10.6 Å². The molecule has 2 aromatic rings. The number of amides is 1. The zero-order valence-electron chi connectivity index (χ0n) is 11.4. The van der Waals surface area contributed by atoms with Crippen molar-refractivity contribution in [2.75, 3.05) is 13.1 Å². The molecule has 5 nitrogen and oxygen atoms in total. The number of nitrogens with one attached hydrogen (secondary N) is 2. The lowest BCUT2D eigenvalue weighted by Crippen LogP contribution is -2.68. The van der Waals surface area contributed by atoms with Crippen molar-refractivity contribution in [2.24, 2.45) is 0 Å². The summed E-state index contributed by atoms with van der Waals surface area (Å²) in [6, 6.07) is 4.77. The Labute approximate surface area is 128 Å². The van der Waals surface area contributed by atoms with Crippen LogP contribution in [0, 0.1) is 0 Å². The molecule has 1 amide bonds. The van der Waals surface area contributed by atoms with Gasteiger partial charge in [0.05, 0.1) is 12.2 Å². The standard InChI is InChI=1S/C13H13F3N4OS/c14-13(15,16)12(10-3-4-18-19-10)11(21)20(6-5-17-12)8-9-2-1-7-22-9/h1-4,7,17H,5-6,8H2,(H,18,19). The number of aromatic nitrogens is 2. The summed E-state index contributed by atoms with van der Waals surface area (Å²) in [5, 5.41) is 10.0. The van der Waals surface area contributed by atoms with Crippen LogP contribution in [0.2, 0.25) is 0 Å². The second-order valence-electron chi connectivity index (χ2n) is 4.95. The number of carbonyl (C=O) groups excluding carboxylic acids is 1. The van der Waals surface area contributed by atoms with Crippen molar-refractivity contribution < 1.29 is 18.0 Å². The highest BCUT2D eigenvalue weighted by Gasteiger charge is 2.64. The van der Waals surface area contributed by atoms with Gasteiger partial charge in [0, 0.05) is 24.2 Å². The van der Waals surface area contributed by atoms with E-state index in [9.17, 15) is 18.0 Å². The molecule has 118 valence electrons. The van der Waals surface area contributed by atoms with E-state index in [-0.39, 0.29) is 25.3 Å². The van der Waals surface area contributed by atoms with Gasteiger partial charge in [-0.2, -0.15) is 18.3 Å². The van der Waals surface area contributed by atoms with Gasteiger partial charge in [-0.05, 0) is 17.5 Å². The van der Waals surface area contributed by atoms with Crippen molar-refractivity contribution in [3.8, 4) is 0 Å². The maximum Gasteiger partial charge on any atom is 0.421 e. The molecule has 1 atom stereocenters. The van der Waals surface area contributed by atoms with Crippen molar-refractivity contribution in [3.63, 3.8) is 0 Å². The summed E-state index contributed by atoms with van der Waals surface area (Å²) in [6.07, 6.45) is -3.57. The van der Waals surface area contributed by atoms with E-state index < -0.39 is 17.6 Å². The van der Waals surface area contributed by atoms with Crippen LogP contribution in [0.15, 0.2) is 29.8 Å². The summed E-state index contributed by atoms with van der Waals surface area (Å²) in [6.45, 7) is 0.447. The Morgan fingerprint density at radius 2 is 2.23 bits per heavy atom. The molecule has 1 unspecified atom stereocenters. The fourth-order valence-electron chi connectivity index (χ4n) is 2.58. The molecule has 2 N–H and O–H groups in total. The first kappa shape index (κ1) is 15.0. The maximum absolute atomic E-state index is 13.7. The van der Waals surface area contributed by atoms with Crippen molar-refractivity contribution in [1.82, 2.24) is 20.4 Å². The van der Waals surface area contributed by atoms with E-state index in [2.05, 4.69) is 15.5 Å². The van der Waals surface area contributed by atoms with E-state index in [1.807, 2.05) is 5.38 Å². The number of thiophene rings is 1. The monoisotopic (exact) mass is 330 g/mol. The molecule has 1 fully saturated rings. The third-order valence-corrected chi connectivity index (χ3v) is 4.50. The summed E-state index contributed by atoms with van der Waals surface area (Å²) < 4.78 is 41.1. The number of H-pyrrole nitrogens is 1. The number of aromatic amines is 1. The number of piperazine rings is 1. The van der Waals surface area contributed by atoms with E-state index in [1.165, 1.54) is 28.5 Å². The minimum Gasteiger partial charge on any atom is -0.334 e. The molecular weight excluding hydrogens is 317 g/mol. The Bertz CT molecular complexity index is 641. The van der Waals surface area contributed by atoms with E-state index in [0.717, 1.165) is 4.88 Å². The quantitative estimate of drug-likeness (QED) is 0.903. The molecule has 9 heteroatoms. The van der Waals surface area contributed by atoms with Crippen molar-refractivity contribution >= 4 is 17.2 Å². The van der Waals surface area contributed by atoms with Gasteiger partial charge in [0.1, 0.15) is 0 Å². The largest absolute Gasteiger partial charge is 0.421 e. The van der Waals surface area contributed by atoms with Crippen molar-refractivity contribution in [3.05, 3.63) is 40.3 Å². The Kier molecular flexibility index (Phi) is 3.69. The number of halogens is 3. The van der Waals surface area contributed by atoms with E-state index in [4.69, 9.17) is 0 Å². The summed E-state index contributed by atoms with van der Waals surface area (Å²) in [7, 11) is 0. The second kappa shape index (κ2) is 5.40. The van der Waals surface area contributed by atoms with Gasteiger partial charge in [0.25, 0.3) is 5.91 Å². The third kappa shape index (κ3) is 2.30. The van der Waals surface area contributed by atoms with Gasteiger partial charge in [-0.3, -0.25) is 15.2 Å². The van der Waals surface area contributed by atoms with Gasteiger partial charge < -0.3 is 4.90 Å². The Balaban J connectivity index is 1.98. The summed E-state index contributed by atoms with van der Waals surface area (Å²) in [5.74, 6) is -1.01. The molecule has 0 radical (unpaired) electrons. The van der Waals surface area contributed by atoms with E-state index in [0.29, 0.717) is 0 Å². The zero-order valence-corrected chi connectivity index (χ0v) is 12.2. The van der Waals surface area contributed by atoms with Crippen LogP contribution in [-0.4, -0.2) is 40.3 Å². The zero-order chi connectivity index (χ0) is 15.8. The van der Waals surface area contributed by atoms with Crippen LogP contribution in [0.25, 0.3) is 0 Å². The van der Waals surface area contributed by atoms with E-state index >= 15 is 0 Å². The predicted octanol–water partition coefficient (Wildman–Crippen LogP) is 1.86. The molecule has 0 aliphatic carbocycles. The average molecular weight is 330 g/mol. The Hall–Kier alpha value is -1.87. The lowest BCUT2D eigenvalue weighted by molar-refractivity contribution is -0.215. The maximum atomic E-state index is 13.7. The SMILES string of the molecule is O=C1N(Cc2cccs2)CCNC1(c1ccn[nH]1)C(F)(F)F. The Morgan fingerprint density at radius 3 is 2.82 bits per heavy atom. The molecular formula is C13H13F3N4OS. The molecule has 1 aliphatic rings. The highest BCUT2D eigenvalue weighted by Crippen LogP contribution is 2.41. The van der Waals surface area contributed by atoms with Crippen LogP contribution < -0.4 is 5.32 Å². The average Bonchev–Trinajstić information content (AvgIpc) is 3.12. The van der Waals surface area contributed by atoms with E-state index in [1.54, 1.807) is 12.1 Å². The molecule has 0 saturated carbocycles. The lowest BCUT2D eigenvalue weighted by atomic mass is 9.90. The minimum atomic E-state index is -4.77. The highest BCUT2D eigenvalue weighted by atomic mass is 32.1. The first-order valence-corrected chi connectivity index (χ1v) is 7.46. The molecule has 0 spiro atoms. The predicted molar refractivity (Wildman–Crippen MR) is 74.1 cm³/mol. The number of rotatable bonds is 3. The highest BCUT2D eigenvalue weighted by molar-refractivity contribution is 7.09. The molecule has 3 heterocycles.